The number of piperazine rings is 1. The van der Waals surface area contributed by atoms with Crippen LogP contribution in [0.25, 0.3) is 0 Å². The summed E-state index contributed by atoms with van der Waals surface area (Å²) < 4.78 is 11.1. The molecule has 2 aromatic carbocycles. The molecule has 0 aromatic heterocycles. The predicted molar refractivity (Wildman–Crippen MR) is 102 cm³/mol. The third-order valence-electron chi connectivity index (χ3n) is 4.26. The average Bonchev–Trinajstić information content (AvgIpc) is 2.68. The maximum absolute atomic E-state index is 5.65. The van der Waals surface area contributed by atoms with E-state index in [1.54, 1.807) is 7.11 Å². The van der Waals surface area contributed by atoms with Crippen LogP contribution in [0.3, 0.4) is 0 Å². The van der Waals surface area contributed by atoms with Crippen LogP contribution in [0.1, 0.15) is 12.5 Å². The largest absolute Gasteiger partial charge is 0.495 e. The second-order valence-electron chi connectivity index (χ2n) is 5.83. The fourth-order valence-corrected chi connectivity index (χ4v) is 2.96. The molecule has 0 aliphatic carbocycles. The Morgan fingerprint density at radius 1 is 0.960 bits per heavy atom. The van der Waals surface area contributed by atoms with Gasteiger partial charge in [0.25, 0.3) is 0 Å². The first kappa shape index (κ1) is 17.1. The van der Waals surface area contributed by atoms with Crippen LogP contribution in [-0.4, -0.2) is 51.1 Å². The van der Waals surface area contributed by atoms with Crippen LogP contribution in [0.2, 0.25) is 0 Å². The molecular formula is C20H25N3O2. The summed E-state index contributed by atoms with van der Waals surface area (Å²) in [4.78, 5) is 2.35. The molecule has 1 aliphatic heterocycles. The minimum Gasteiger partial charge on any atom is -0.495 e. The van der Waals surface area contributed by atoms with Gasteiger partial charge in [-0.3, -0.25) is 5.01 Å². The van der Waals surface area contributed by atoms with Gasteiger partial charge in [0.15, 0.2) is 0 Å². The van der Waals surface area contributed by atoms with Crippen molar-refractivity contribution in [2.24, 2.45) is 5.10 Å². The van der Waals surface area contributed by atoms with E-state index in [0.717, 1.165) is 48.9 Å². The van der Waals surface area contributed by atoms with Crippen LogP contribution < -0.4 is 14.4 Å². The molecule has 0 amide bonds. The second-order valence-corrected chi connectivity index (χ2v) is 5.83. The van der Waals surface area contributed by atoms with Gasteiger partial charge in [-0.2, -0.15) is 5.10 Å². The zero-order chi connectivity index (χ0) is 17.5. The Morgan fingerprint density at radius 3 is 2.36 bits per heavy atom. The standard InChI is InChI=1S/C20H25N3O2/c1-3-25-19-10-6-4-8-17(19)16-21-23-14-12-22(13-15-23)18-9-5-7-11-20(18)24-2/h4-11,16H,3,12-15H2,1-2H3/b21-16-. The van der Waals surface area contributed by atoms with Crippen molar-refractivity contribution < 1.29 is 9.47 Å². The number of para-hydroxylation sites is 3. The van der Waals surface area contributed by atoms with Crippen LogP contribution in [0.5, 0.6) is 11.5 Å². The summed E-state index contributed by atoms with van der Waals surface area (Å²) in [6.07, 6.45) is 1.89. The normalized spacial score (nSPS) is 14.8. The molecule has 0 radical (unpaired) electrons. The van der Waals surface area contributed by atoms with Crippen LogP contribution >= 0.6 is 0 Å². The van der Waals surface area contributed by atoms with Crippen molar-refractivity contribution in [3.05, 3.63) is 54.1 Å². The summed E-state index contributed by atoms with van der Waals surface area (Å²) in [6.45, 7) is 6.25. The molecule has 1 saturated heterocycles. The minimum absolute atomic E-state index is 0.655. The molecule has 0 N–H and O–H groups in total. The minimum atomic E-state index is 0.655. The van der Waals surface area contributed by atoms with E-state index in [0.29, 0.717) is 6.61 Å². The summed E-state index contributed by atoms with van der Waals surface area (Å²) in [6, 6.07) is 16.1. The lowest BCUT2D eigenvalue weighted by Gasteiger charge is -2.35. The monoisotopic (exact) mass is 339 g/mol. The molecule has 2 aromatic rings. The van der Waals surface area contributed by atoms with Crippen molar-refractivity contribution in [1.29, 1.82) is 0 Å². The molecule has 0 spiro atoms. The first-order valence-corrected chi connectivity index (χ1v) is 8.70. The van der Waals surface area contributed by atoms with Crippen molar-refractivity contribution in [3.8, 4) is 11.5 Å². The zero-order valence-corrected chi connectivity index (χ0v) is 14.9. The van der Waals surface area contributed by atoms with Gasteiger partial charge in [-0.25, -0.2) is 0 Å². The van der Waals surface area contributed by atoms with Gasteiger partial charge in [0.1, 0.15) is 11.5 Å². The van der Waals surface area contributed by atoms with Crippen molar-refractivity contribution in [2.75, 3.05) is 44.8 Å². The number of methoxy groups -OCH3 is 1. The topological polar surface area (TPSA) is 37.3 Å². The highest BCUT2D eigenvalue weighted by Crippen LogP contribution is 2.28. The number of hydrogen-bond donors (Lipinski definition) is 0. The third kappa shape index (κ3) is 4.24. The van der Waals surface area contributed by atoms with E-state index in [-0.39, 0.29) is 0 Å². The van der Waals surface area contributed by atoms with Gasteiger partial charge in [0.05, 0.1) is 38.7 Å². The third-order valence-corrected chi connectivity index (χ3v) is 4.26. The number of nitrogens with zero attached hydrogens (tertiary/aromatic N) is 3. The summed E-state index contributed by atoms with van der Waals surface area (Å²) >= 11 is 0. The number of hydrogen-bond acceptors (Lipinski definition) is 5. The lowest BCUT2D eigenvalue weighted by molar-refractivity contribution is 0.271. The Labute approximate surface area is 149 Å². The molecule has 0 unspecified atom stereocenters. The first-order chi connectivity index (χ1) is 12.3. The maximum Gasteiger partial charge on any atom is 0.142 e. The molecule has 132 valence electrons. The second kappa shape index (κ2) is 8.42. The van der Waals surface area contributed by atoms with Crippen molar-refractivity contribution in [3.63, 3.8) is 0 Å². The first-order valence-electron chi connectivity index (χ1n) is 8.70. The Hall–Kier alpha value is -2.69. The van der Waals surface area contributed by atoms with Gasteiger partial charge >= 0.3 is 0 Å². The molecule has 5 heteroatoms. The van der Waals surface area contributed by atoms with E-state index >= 15 is 0 Å². The number of benzene rings is 2. The number of ether oxygens (including phenoxy) is 2. The Balaban J connectivity index is 1.61. The quantitative estimate of drug-likeness (QED) is 0.757. The lowest BCUT2D eigenvalue weighted by Crippen LogP contribution is -2.44. The number of hydrazone groups is 1. The number of rotatable bonds is 6. The van der Waals surface area contributed by atoms with Crippen LogP contribution in [0, 0.1) is 0 Å². The highest BCUT2D eigenvalue weighted by atomic mass is 16.5. The molecule has 1 aliphatic rings. The molecular weight excluding hydrogens is 314 g/mol. The fraction of sp³-hybridized carbons (Fsp3) is 0.350. The maximum atomic E-state index is 5.65. The van der Waals surface area contributed by atoms with Gasteiger partial charge in [-0.1, -0.05) is 24.3 Å². The van der Waals surface area contributed by atoms with Gasteiger partial charge in [0, 0.05) is 18.7 Å². The van der Waals surface area contributed by atoms with Gasteiger partial charge in [-0.15, -0.1) is 0 Å². The fourth-order valence-electron chi connectivity index (χ4n) is 2.96. The van der Waals surface area contributed by atoms with E-state index in [9.17, 15) is 0 Å². The molecule has 0 bridgehead atoms. The highest BCUT2D eigenvalue weighted by Gasteiger charge is 2.18. The van der Waals surface area contributed by atoms with Crippen molar-refractivity contribution in [2.45, 2.75) is 6.92 Å². The van der Waals surface area contributed by atoms with Crippen LogP contribution in [0.4, 0.5) is 5.69 Å². The number of anilines is 1. The van der Waals surface area contributed by atoms with E-state index in [1.165, 1.54) is 0 Å². The molecule has 5 nitrogen and oxygen atoms in total. The van der Waals surface area contributed by atoms with Crippen LogP contribution in [-0.2, 0) is 0 Å². The summed E-state index contributed by atoms with van der Waals surface area (Å²) in [7, 11) is 1.72. The average molecular weight is 339 g/mol. The summed E-state index contributed by atoms with van der Waals surface area (Å²) in [5.41, 5.74) is 2.16. The molecule has 0 atom stereocenters. The summed E-state index contributed by atoms with van der Waals surface area (Å²) in [5.74, 6) is 1.80. The van der Waals surface area contributed by atoms with E-state index in [4.69, 9.17) is 9.47 Å². The molecule has 3 rings (SSSR count). The van der Waals surface area contributed by atoms with Gasteiger partial charge in [-0.05, 0) is 31.2 Å². The summed E-state index contributed by atoms with van der Waals surface area (Å²) in [5, 5.41) is 6.74. The Morgan fingerprint density at radius 2 is 1.64 bits per heavy atom. The molecule has 1 heterocycles. The van der Waals surface area contributed by atoms with Gasteiger partial charge < -0.3 is 14.4 Å². The zero-order valence-electron chi connectivity index (χ0n) is 14.9. The van der Waals surface area contributed by atoms with E-state index in [1.807, 2.05) is 55.6 Å². The molecule has 25 heavy (non-hydrogen) atoms. The predicted octanol–water partition coefficient (Wildman–Crippen LogP) is 3.25. The Kier molecular flexibility index (Phi) is 5.77. The van der Waals surface area contributed by atoms with E-state index in [2.05, 4.69) is 21.1 Å². The molecule has 1 fully saturated rings. The van der Waals surface area contributed by atoms with Crippen LogP contribution in [0.15, 0.2) is 53.6 Å². The van der Waals surface area contributed by atoms with E-state index < -0.39 is 0 Å². The lowest BCUT2D eigenvalue weighted by atomic mass is 10.2. The smallest absolute Gasteiger partial charge is 0.142 e. The van der Waals surface area contributed by atoms with Gasteiger partial charge in [0.2, 0.25) is 0 Å². The SMILES string of the molecule is CCOc1ccccc1/C=N\N1CCN(c2ccccc2OC)CC1. The molecule has 0 saturated carbocycles. The Bertz CT molecular complexity index is 710. The van der Waals surface area contributed by atoms with Crippen molar-refractivity contribution >= 4 is 11.9 Å². The van der Waals surface area contributed by atoms with Crippen molar-refractivity contribution in [1.82, 2.24) is 5.01 Å². The highest BCUT2D eigenvalue weighted by molar-refractivity contribution is 5.83.